The second-order valence-corrected chi connectivity index (χ2v) is 7.87. The molecule has 1 aromatic rings. The molecule has 5 nitrogen and oxygen atoms in total. The zero-order chi connectivity index (χ0) is 13.5. The predicted octanol–water partition coefficient (Wildman–Crippen LogP) is 2.17. The van der Waals surface area contributed by atoms with Crippen molar-refractivity contribution in [3.05, 3.63) is 21.9 Å². The predicted molar refractivity (Wildman–Crippen MR) is 72.5 cm³/mol. The number of hydrogen-bond donors (Lipinski definition) is 0. The van der Waals surface area contributed by atoms with Gasteiger partial charge in [0.15, 0.2) is 0 Å². The summed E-state index contributed by atoms with van der Waals surface area (Å²) < 4.78 is 22.9. The molecule has 0 N–H and O–H groups in total. The highest BCUT2D eigenvalue weighted by atomic mass is 79.9. The zero-order valence-corrected chi connectivity index (χ0v) is 12.7. The van der Waals surface area contributed by atoms with Crippen molar-refractivity contribution in [3.63, 3.8) is 0 Å². The number of rotatable bonds is 2. The standard InChI is InChI=1S/C9H7BrCl2N2O3S/c10-9-7(1-5(11)3-13-9)14-4-6(2-8(14)15)18(12,16)17/h1,3,6H,2,4H2. The molecule has 0 saturated carbocycles. The summed E-state index contributed by atoms with van der Waals surface area (Å²) in [5, 5.41) is -0.546. The number of anilines is 1. The minimum atomic E-state index is -3.76. The maximum absolute atomic E-state index is 11.8. The Bertz CT molecular complexity index is 608. The van der Waals surface area contributed by atoms with Crippen LogP contribution in [0.5, 0.6) is 0 Å². The summed E-state index contributed by atoms with van der Waals surface area (Å²) in [6.07, 6.45) is 1.29. The van der Waals surface area contributed by atoms with E-state index in [9.17, 15) is 13.2 Å². The molecule has 1 saturated heterocycles. The molecule has 0 aliphatic carbocycles. The van der Waals surface area contributed by atoms with E-state index in [0.29, 0.717) is 15.3 Å². The second kappa shape index (κ2) is 4.96. The van der Waals surface area contributed by atoms with Crippen LogP contribution in [-0.4, -0.2) is 31.1 Å². The lowest BCUT2D eigenvalue weighted by Gasteiger charge is -2.17. The Labute approximate surface area is 122 Å². The van der Waals surface area contributed by atoms with Gasteiger partial charge in [-0.1, -0.05) is 11.6 Å². The molecule has 0 bridgehead atoms. The van der Waals surface area contributed by atoms with Gasteiger partial charge in [0.25, 0.3) is 0 Å². The summed E-state index contributed by atoms with van der Waals surface area (Å²) in [4.78, 5) is 17.1. The van der Waals surface area contributed by atoms with Crippen LogP contribution in [0.4, 0.5) is 5.69 Å². The summed E-state index contributed by atoms with van der Waals surface area (Å²) in [5.74, 6) is -0.325. The van der Waals surface area contributed by atoms with E-state index in [2.05, 4.69) is 20.9 Å². The number of amides is 1. The van der Waals surface area contributed by atoms with Gasteiger partial charge in [-0.05, 0) is 22.0 Å². The largest absolute Gasteiger partial charge is 0.308 e. The fraction of sp³-hybridized carbons (Fsp3) is 0.333. The van der Waals surface area contributed by atoms with E-state index in [4.69, 9.17) is 22.3 Å². The quantitative estimate of drug-likeness (QED) is 0.588. The van der Waals surface area contributed by atoms with Crippen LogP contribution >= 0.6 is 38.2 Å². The maximum Gasteiger partial charge on any atom is 0.237 e. The lowest BCUT2D eigenvalue weighted by atomic mass is 10.4. The molecule has 1 atom stereocenters. The number of nitrogens with zero attached hydrogens (tertiary/aromatic N) is 2. The summed E-state index contributed by atoms with van der Waals surface area (Å²) in [6.45, 7) is 0.00525. The monoisotopic (exact) mass is 372 g/mol. The Morgan fingerprint density at radius 3 is 2.72 bits per heavy atom. The molecule has 2 heterocycles. The number of carbonyl (C=O) groups is 1. The highest BCUT2D eigenvalue weighted by molar-refractivity contribution is 9.10. The van der Waals surface area contributed by atoms with Crippen LogP contribution in [0.25, 0.3) is 0 Å². The van der Waals surface area contributed by atoms with E-state index in [1.807, 2.05) is 0 Å². The molecule has 2 rings (SSSR count). The Morgan fingerprint density at radius 2 is 2.17 bits per heavy atom. The first-order valence-corrected chi connectivity index (χ1v) is 8.38. The van der Waals surface area contributed by atoms with Gasteiger partial charge >= 0.3 is 0 Å². The van der Waals surface area contributed by atoms with Crippen molar-refractivity contribution in [1.29, 1.82) is 0 Å². The minimum absolute atomic E-state index is 0.00525. The van der Waals surface area contributed by atoms with Crippen LogP contribution in [0.1, 0.15) is 6.42 Å². The average Bonchev–Trinajstić information content (AvgIpc) is 2.64. The van der Waals surface area contributed by atoms with Crippen LogP contribution in [0.15, 0.2) is 16.9 Å². The smallest absolute Gasteiger partial charge is 0.237 e. The van der Waals surface area contributed by atoms with Gasteiger partial charge in [-0.3, -0.25) is 4.79 Å². The molecule has 0 aromatic carbocycles. The number of carbonyl (C=O) groups excluding carboxylic acids is 1. The van der Waals surface area contributed by atoms with Gasteiger partial charge < -0.3 is 4.90 Å². The highest BCUT2D eigenvalue weighted by Crippen LogP contribution is 2.32. The Balaban J connectivity index is 2.35. The molecule has 98 valence electrons. The first kappa shape index (κ1) is 14.0. The lowest BCUT2D eigenvalue weighted by molar-refractivity contribution is -0.117. The summed E-state index contributed by atoms with van der Waals surface area (Å²) in [7, 11) is 1.51. The molecule has 1 fully saturated rings. The van der Waals surface area contributed by atoms with Crippen molar-refractivity contribution in [2.24, 2.45) is 0 Å². The molecular formula is C9H7BrCl2N2O3S. The Morgan fingerprint density at radius 1 is 1.50 bits per heavy atom. The van der Waals surface area contributed by atoms with Gasteiger partial charge in [0, 0.05) is 29.8 Å². The number of aromatic nitrogens is 1. The maximum atomic E-state index is 11.8. The molecular weight excluding hydrogens is 367 g/mol. The topological polar surface area (TPSA) is 67.3 Å². The van der Waals surface area contributed by atoms with Crippen molar-refractivity contribution < 1.29 is 13.2 Å². The third kappa shape index (κ3) is 2.79. The van der Waals surface area contributed by atoms with Gasteiger partial charge in [-0.2, -0.15) is 0 Å². The number of halogens is 3. The molecule has 18 heavy (non-hydrogen) atoms. The van der Waals surface area contributed by atoms with Gasteiger partial charge in [0.05, 0.1) is 10.7 Å². The first-order valence-electron chi connectivity index (χ1n) is 4.84. The van der Waals surface area contributed by atoms with Crippen molar-refractivity contribution in [1.82, 2.24) is 4.98 Å². The molecule has 0 spiro atoms. The molecule has 1 aromatic heterocycles. The van der Waals surface area contributed by atoms with Gasteiger partial charge in [0.1, 0.15) is 9.85 Å². The molecule has 1 aliphatic rings. The second-order valence-electron chi connectivity index (χ2n) is 3.77. The van der Waals surface area contributed by atoms with Gasteiger partial charge in [-0.25, -0.2) is 13.4 Å². The summed E-state index contributed by atoms with van der Waals surface area (Å²) in [6, 6.07) is 1.54. The van der Waals surface area contributed by atoms with Crippen LogP contribution in [0, 0.1) is 0 Å². The molecule has 0 radical (unpaired) electrons. The average molecular weight is 374 g/mol. The van der Waals surface area contributed by atoms with E-state index >= 15 is 0 Å². The van der Waals surface area contributed by atoms with Crippen molar-refractivity contribution in [2.45, 2.75) is 11.7 Å². The summed E-state index contributed by atoms with van der Waals surface area (Å²) in [5.41, 5.74) is 0.440. The molecule has 9 heteroatoms. The number of pyridine rings is 1. The first-order chi connectivity index (χ1) is 8.29. The lowest BCUT2D eigenvalue weighted by Crippen LogP contribution is -2.27. The van der Waals surface area contributed by atoms with Gasteiger partial charge in [0.2, 0.25) is 15.0 Å². The fourth-order valence-corrected chi connectivity index (χ4v) is 3.31. The van der Waals surface area contributed by atoms with E-state index in [-0.39, 0.29) is 18.9 Å². The molecule has 1 amide bonds. The van der Waals surface area contributed by atoms with E-state index in [1.54, 1.807) is 6.07 Å². The number of hydrogen-bond acceptors (Lipinski definition) is 4. The van der Waals surface area contributed by atoms with Gasteiger partial charge in [-0.15, -0.1) is 0 Å². The minimum Gasteiger partial charge on any atom is -0.308 e. The van der Waals surface area contributed by atoms with Crippen molar-refractivity contribution in [3.8, 4) is 0 Å². The van der Waals surface area contributed by atoms with Crippen LogP contribution < -0.4 is 4.90 Å². The fourth-order valence-electron chi connectivity index (χ4n) is 1.70. The SMILES string of the molecule is O=C1CC(S(=O)(=O)Cl)CN1c1cc(Cl)cnc1Br. The van der Waals surface area contributed by atoms with E-state index in [1.165, 1.54) is 11.1 Å². The third-order valence-electron chi connectivity index (χ3n) is 2.57. The van der Waals surface area contributed by atoms with Crippen LogP contribution in [0.3, 0.4) is 0 Å². The Kier molecular flexibility index (Phi) is 3.87. The third-order valence-corrected chi connectivity index (χ3v) is 5.25. The molecule has 1 aliphatic heterocycles. The van der Waals surface area contributed by atoms with Crippen LogP contribution in [0.2, 0.25) is 5.02 Å². The van der Waals surface area contributed by atoms with E-state index in [0.717, 1.165) is 0 Å². The highest BCUT2D eigenvalue weighted by Gasteiger charge is 2.38. The van der Waals surface area contributed by atoms with Crippen LogP contribution in [-0.2, 0) is 13.8 Å². The summed E-state index contributed by atoms with van der Waals surface area (Å²) >= 11 is 9.00. The van der Waals surface area contributed by atoms with E-state index < -0.39 is 14.3 Å². The van der Waals surface area contributed by atoms with Crippen molar-refractivity contribution in [2.75, 3.05) is 11.4 Å². The normalized spacial score (nSPS) is 20.5. The Hall–Kier alpha value is -0.370. The van der Waals surface area contributed by atoms with Crippen molar-refractivity contribution >= 4 is 58.9 Å². The zero-order valence-electron chi connectivity index (χ0n) is 8.81. The molecule has 1 unspecified atom stereocenters.